The zero-order valence-corrected chi connectivity index (χ0v) is 12.3. The van der Waals surface area contributed by atoms with Gasteiger partial charge in [0.05, 0.1) is 6.42 Å². The van der Waals surface area contributed by atoms with Crippen molar-refractivity contribution in [3.63, 3.8) is 0 Å². The summed E-state index contributed by atoms with van der Waals surface area (Å²) in [6.45, 7) is 5.35. The van der Waals surface area contributed by atoms with Gasteiger partial charge in [-0.1, -0.05) is 32.0 Å². The van der Waals surface area contributed by atoms with E-state index in [1.165, 1.54) is 0 Å². The van der Waals surface area contributed by atoms with Crippen LogP contribution in [-0.2, 0) is 16.0 Å². The van der Waals surface area contributed by atoms with E-state index in [0.29, 0.717) is 12.2 Å². The van der Waals surface area contributed by atoms with Crippen LogP contribution in [0.1, 0.15) is 19.4 Å². The predicted molar refractivity (Wildman–Crippen MR) is 80.6 cm³/mol. The fraction of sp³-hybridized carbons (Fsp3) is 0.467. The van der Waals surface area contributed by atoms with E-state index in [4.69, 9.17) is 0 Å². The lowest BCUT2D eigenvalue weighted by Gasteiger charge is -2.15. The molecule has 0 saturated carbocycles. The molecular weight excluding hydrogens is 254 g/mol. The monoisotopic (exact) mass is 277 g/mol. The van der Waals surface area contributed by atoms with Crippen molar-refractivity contribution in [1.29, 1.82) is 0 Å². The van der Waals surface area contributed by atoms with Crippen LogP contribution in [0, 0.1) is 5.92 Å². The summed E-state index contributed by atoms with van der Waals surface area (Å²) in [5, 5.41) is 8.62. The second-order valence-corrected chi connectivity index (χ2v) is 4.71. The molecule has 1 aromatic rings. The number of likely N-dealkylation sites (N-methyl/N-ethyl adjacent to an activating group) is 1. The van der Waals surface area contributed by atoms with Gasteiger partial charge in [-0.05, 0) is 18.2 Å². The van der Waals surface area contributed by atoms with Gasteiger partial charge in [0.25, 0.3) is 0 Å². The number of rotatable bonds is 7. The highest BCUT2D eigenvalue weighted by Gasteiger charge is 2.14. The molecule has 1 rings (SSSR count). The molecule has 0 saturated heterocycles. The third-order valence-electron chi connectivity index (χ3n) is 3.05. The van der Waals surface area contributed by atoms with Gasteiger partial charge in [0, 0.05) is 25.2 Å². The summed E-state index contributed by atoms with van der Waals surface area (Å²) in [5.41, 5.74) is 1.51. The molecule has 0 heterocycles. The van der Waals surface area contributed by atoms with Gasteiger partial charge < -0.3 is 16.0 Å². The van der Waals surface area contributed by atoms with Crippen LogP contribution >= 0.6 is 0 Å². The van der Waals surface area contributed by atoms with Crippen LogP contribution < -0.4 is 16.0 Å². The number of benzene rings is 1. The second kappa shape index (κ2) is 8.32. The Kier molecular flexibility index (Phi) is 6.73. The fourth-order valence-electron chi connectivity index (χ4n) is 1.77. The first kappa shape index (κ1) is 16.2. The Labute approximate surface area is 120 Å². The van der Waals surface area contributed by atoms with Crippen LogP contribution in [0.25, 0.3) is 0 Å². The number of amides is 2. The molecule has 0 aromatic heterocycles. The van der Waals surface area contributed by atoms with Crippen LogP contribution in [0.2, 0.25) is 0 Å². The average Bonchev–Trinajstić information content (AvgIpc) is 2.46. The van der Waals surface area contributed by atoms with Gasteiger partial charge in [-0.15, -0.1) is 0 Å². The van der Waals surface area contributed by atoms with Crippen molar-refractivity contribution in [2.24, 2.45) is 5.92 Å². The zero-order chi connectivity index (χ0) is 15.0. The number of anilines is 1. The minimum Gasteiger partial charge on any atom is -0.359 e. The molecule has 0 aliphatic carbocycles. The molecule has 0 bridgehead atoms. The van der Waals surface area contributed by atoms with E-state index in [9.17, 15) is 9.59 Å². The molecule has 0 spiro atoms. The lowest BCUT2D eigenvalue weighted by molar-refractivity contribution is -0.120. The fourth-order valence-corrected chi connectivity index (χ4v) is 1.77. The minimum atomic E-state index is -0.122. The van der Waals surface area contributed by atoms with Crippen LogP contribution in [0.5, 0.6) is 0 Å². The maximum absolute atomic E-state index is 12.1. The van der Waals surface area contributed by atoms with Gasteiger partial charge in [0.15, 0.2) is 0 Å². The largest absolute Gasteiger partial charge is 0.359 e. The topological polar surface area (TPSA) is 70.2 Å². The lowest BCUT2D eigenvalue weighted by Crippen LogP contribution is -2.30. The summed E-state index contributed by atoms with van der Waals surface area (Å²) >= 11 is 0. The number of hydrogen-bond donors (Lipinski definition) is 3. The first-order valence-electron chi connectivity index (χ1n) is 6.88. The summed E-state index contributed by atoms with van der Waals surface area (Å²) in [4.78, 5) is 23.5. The van der Waals surface area contributed by atoms with Crippen LogP contribution in [-0.4, -0.2) is 32.0 Å². The Balaban J connectivity index is 2.71. The van der Waals surface area contributed by atoms with Gasteiger partial charge in [-0.25, -0.2) is 0 Å². The van der Waals surface area contributed by atoms with Crippen molar-refractivity contribution >= 4 is 17.5 Å². The molecule has 2 amide bonds. The molecule has 0 fully saturated rings. The van der Waals surface area contributed by atoms with Crippen molar-refractivity contribution in [3.05, 3.63) is 29.8 Å². The molecule has 3 N–H and O–H groups in total. The van der Waals surface area contributed by atoms with Crippen molar-refractivity contribution < 1.29 is 9.59 Å². The van der Waals surface area contributed by atoms with E-state index in [2.05, 4.69) is 16.0 Å². The molecule has 5 nitrogen and oxygen atoms in total. The second-order valence-electron chi connectivity index (χ2n) is 4.71. The van der Waals surface area contributed by atoms with Gasteiger partial charge in [-0.2, -0.15) is 0 Å². The van der Waals surface area contributed by atoms with Crippen molar-refractivity contribution in [1.82, 2.24) is 10.6 Å². The first-order valence-corrected chi connectivity index (χ1v) is 6.88. The van der Waals surface area contributed by atoms with E-state index < -0.39 is 0 Å². The van der Waals surface area contributed by atoms with E-state index in [1.807, 2.05) is 38.1 Å². The molecule has 5 heteroatoms. The molecule has 110 valence electrons. The molecule has 0 aliphatic rings. The van der Waals surface area contributed by atoms with Gasteiger partial charge in [-0.3, -0.25) is 9.59 Å². The maximum Gasteiger partial charge on any atom is 0.228 e. The molecule has 1 aromatic carbocycles. The van der Waals surface area contributed by atoms with Crippen molar-refractivity contribution in [2.75, 3.05) is 25.5 Å². The average molecular weight is 277 g/mol. The predicted octanol–water partition coefficient (Wildman–Crippen LogP) is 1.16. The standard InChI is InChI=1S/C15H23N3O2/c1-4-17-10-11(2)15(20)18-13-8-6-5-7-12(13)9-14(19)16-3/h5-8,11,17H,4,9-10H2,1-3H3,(H,16,19)(H,18,20). The summed E-state index contributed by atoms with van der Waals surface area (Å²) in [5.74, 6) is -0.245. The maximum atomic E-state index is 12.1. The first-order chi connectivity index (χ1) is 9.58. The van der Waals surface area contributed by atoms with Gasteiger partial charge in [0.2, 0.25) is 11.8 Å². The Morgan fingerprint density at radius 2 is 1.95 bits per heavy atom. The van der Waals surface area contributed by atoms with Crippen LogP contribution in [0.3, 0.4) is 0 Å². The summed E-state index contributed by atoms with van der Waals surface area (Å²) in [7, 11) is 1.60. The van der Waals surface area contributed by atoms with Crippen molar-refractivity contribution in [3.8, 4) is 0 Å². The Bertz CT molecular complexity index is 460. The van der Waals surface area contributed by atoms with E-state index in [1.54, 1.807) is 7.05 Å². The minimum absolute atomic E-state index is 0.0460. The van der Waals surface area contributed by atoms with E-state index in [0.717, 1.165) is 12.1 Å². The SMILES string of the molecule is CCNCC(C)C(=O)Nc1ccccc1CC(=O)NC. The quantitative estimate of drug-likeness (QED) is 0.700. The van der Waals surface area contributed by atoms with Gasteiger partial charge in [0.1, 0.15) is 0 Å². The number of nitrogens with one attached hydrogen (secondary N) is 3. The summed E-state index contributed by atoms with van der Waals surface area (Å²) < 4.78 is 0. The zero-order valence-electron chi connectivity index (χ0n) is 12.3. The Morgan fingerprint density at radius 3 is 2.60 bits per heavy atom. The Morgan fingerprint density at radius 1 is 1.25 bits per heavy atom. The smallest absolute Gasteiger partial charge is 0.228 e. The lowest BCUT2D eigenvalue weighted by atomic mass is 10.1. The highest BCUT2D eigenvalue weighted by atomic mass is 16.2. The molecule has 0 aliphatic heterocycles. The van der Waals surface area contributed by atoms with Crippen molar-refractivity contribution in [2.45, 2.75) is 20.3 Å². The highest BCUT2D eigenvalue weighted by Crippen LogP contribution is 2.16. The number of carbonyl (C=O) groups excluding carboxylic acids is 2. The Hall–Kier alpha value is -1.88. The molecule has 1 atom stereocenters. The summed E-state index contributed by atoms with van der Waals surface area (Å²) in [6.07, 6.45) is 0.258. The van der Waals surface area contributed by atoms with Crippen LogP contribution in [0.4, 0.5) is 5.69 Å². The third kappa shape index (κ3) is 5.01. The third-order valence-corrected chi connectivity index (χ3v) is 3.05. The van der Waals surface area contributed by atoms with E-state index >= 15 is 0 Å². The number of hydrogen-bond acceptors (Lipinski definition) is 3. The summed E-state index contributed by atoms with van der Waals surface area (Å²) in [6, 6.07) is 7.36. The number of para-hydroxylation sites is 1. The number of carbonyl (C=O) groups is 2. The van der Waals surface area contributed by atoms with E-state index in [-0.39, 0.29) is 24.2 Å². The molecule has 1 unspecified atom stereocenters. The van der Waals surface area contributed by atoms with Gasteiger partial charge >= 0.3 is 0 Å². The highest BCUT2D eigenvalue weighted by molar-refractivity contribution is 5.94. The molecule has 20 heavy (non-hydrogen) atoms. The van der Waals surface area contributed by atoms with Crippen LogP contribution in [0.15, 0.2) is 24.3 Å². The normalized spacial score (nSPS) is 11.8. The molecular formula is C15H23N3O2. The molecule has 0 radical (unpaired) electrons.